The monoisotopic (exact) mass is 376 g/mol. The molecule has 6 nitrogen and oxygen atoms in total. The van der Waals surface area contributed by atoms with Crippen molar-refractivity contribution in [3.05, 3.63) is 35.4 Å². The lowest BCUT2D eigenvalue weighted by Crippen LogP contribution is -2.48. The lowest BCUT2D eigenvalue weighted by molar-refractivity contribution is -0.129. The normalized spacial score (nSPS) is 29.3. The van der Waals surface area contributed by atoms with Crippen molar-refractivity contribution in [1.82, 2.24) is 9.80 Å². The molecule has 4 atom stereocenters. The van der Waals surface area contributed by atoms with Crippen molar-refractivity contribution in [2.45, 2.75) is 39.1 Å². The molecule has 2 aliphatic rings. The van der Waals surface area contributed by atoms with E-state index in [1.807, 2.05) is 29.2 Å². The predicted octanol–water partition coefficient (Wildman–Crippen LogP) is 0.898. The number of aliphatic hydroxyl groups excluding tert-OH is 2. The highest BCUT2D eigenvalue weighted by Gasteiger charge is 2.36. The quantitative estimate of drug-likeness (QED) is 0.772. The Morgan fingerprint density at radius 1 is 1.00 bits per heavy atom. The Balaban J connectivity index is 1.56. The Labute approximate surface area is 161 Å². The third kappa shape index (κ3) is 5.29. The molecule has 0 aromatic heterocycles. The van der Waals surface area contributed by atoms with Crippen LogP contribution in [0.2, 0.25) is 0 Å². The maximum Gasteiger partial charge on any atom is 0.227 e. The van der Waals surface area contributed by atoms with Gasteiger partial charge in [0.1, 0.15) is 0 Å². The van der Waals surface area contributed by atoms with E-state index >= 15 is 0 Å². The van der Waals surface area contributed by atoms with E-state index < -0.39 is 0 Å². The summed E-state index contributed by atoms with van der Waals surface area (Å²) in [7, 11) is 0. The predicted molar refractivity (Wildman–Crippen MR) is 103 cm³/mol. The molecule has 1 aromatic rings. The number of morpholine rings is 1. The van der Waals surface area contributed by atoms with Crippen LogP contribution in [0.15, 0.2) is 24.3 Å². The number of aliphatic hydroxyl groups is 2. The fourth-order valence-corrected chi connectivity index (χ4v) is 4.37. The molecule has 2 saturated heterocycles. The van der Waals surface area contributed by atoms with Gasteiger partial charge in [0.25, 0.3) is 0 Å². The number of hydrogen-bond donors (Lipinski definition) is 2. The van der Waals surface area contributed by atoms with Crippen LogP contribution in [-0.4, -0.2) is 77.5 Å². The Hall–Kier alpha value is -1.47. The molecule has 1 aromatic carbocycles. The number of nitrogens with zero attached hydrogens (tertiary/aromatic N) is 2. The zero-order chi connectivity index (χ0) is 19.4. The molecule has 0 aliphatic carbocycles. The van der Waals surface area contributed by atoms with Crippen LogP contribution in [0.5, 0.6) is 0 Å². The van der Waals surface area contributed by atoms with Gasteiger partial charge in [0.15, 0.2) is 0 Å². The summed E-state index contributed by atoms with van der Waals surface area (Å²) in [4.78, 5) is 17.0. The summed E-state index contributed by atoms with van der Waals surface area (Å²) in [6.07, 6.45) is 0.812. The van der Waals surface area contributed by atoms with Gasteiger partial charge in [-0.25, -0.2) is 0 Å². The molecular weight excluding hydrogens is 344 g/mol. The number of hydrogen-bond acceptors (Lipinski definition) is 5. The van der Waals surface area contributed by atoms with Crippen LogP contribution in [0.25, 0.3) is 0 Å². The Morgan fingerprint density at radius 3 is 2.19 bits per heavy atom. The summed E-state index contributed by atoms with van der Waals surface area (Å²) in [5.41, 5.74) is 1.80. The van der Waals surface area contributed by atoms with Gasteiger partial charge in [0.05, 0.1) is 25.2 Å². The first-order chi connectivity index (χ1) is 13.0. The molecule has 3 rings (SSSR count). The summed E-state index contributed by atoms with van der Waals surface area (Å²) >= 11 is 0. The zero-order valence-electron chi connectivity index (χ0n) is 16.4. The van der Waals surface area contributed by atoms with E-state index in [1.165, 1.54) is 0 Å². The third-order valence-corrected chi connectivity index (χ3v) is 5.71. The van der Waals surface area contributed by atoms with Crippen LogP contribution < -0.4 is 0 Å². The molecule has 0 bridgehead atoms. The van der Waals surface area contributed by atoms with Crippen LogP contribution in [0.3, 0.4) is 0 Å². The highest BCUT2D eigenvalue weighted by atomic mass is 16.5. The smallest absolute Gasteiger partial charge is 0.227 e. The van der Waals surface area contributed by atoms with Crippen LogP contribution in [-0.2, 0) is 22.6 Å². The van der Waals surface area contributed by atoms with E-state index in [9.17, 15) is 9.90 Å². The summed E-state index contributed by atoms with van der Waals surface area (Å²) in [6.45, 7) is 8.38. The van der Waals surface area contributed by atoms with Gasteiger partial charge in [-0.1, -0.05) is 24.3 Å². The van der Waals surface area contributed by atoms with Gasteiger partial charge in [0, 0.05) is 45.2 Å². The summed E-state index contributed by atoms with van der Waals surface area (Å²) in [5.74, 6) is 0.545. The first-order valence-corrected chi connectivity index (χ1v) is 9.93. The average molecular weight is 376 g/mol. The number of rotatable bonds is 6. The Kier molecular flexibility index (Phi) is 6.87. The largest absolute Gasteiger partial charge is 0.396 e. The summed E-state index contributed by atoms with van der Waals surface area (Å²) < 4.78 is 5.81. The van der Waals surface area contributed by atoms with E-state index in [0.29, 0.717) is 25.4 Å². The van der Waals surface area contributed by atoms with Crippen molar-refractivity contribution >= 4 is 5.91 Å². The number of ether oxygens (including phenoxy) is 1. The van der Waals surface area contributed by atoms with Crippen molar-refractivity contribution in [3.63, 3.8) is 0 Å². The third-order valence-electron chi connectivity index (χ3n) is 5.71. The summed E-state index contributed by atoms with van der Waals surface area (Å²) in [6, 6.07) is 7.51. The fourth-order valence-electron chi connectivity index (χ4n) is 4.37. The molecular formula is C21H32N2O4. The van der Waals surface area contributed by atoms with Crippen LogP contribution in [0.4, 0.5) is 0 Å². The van der Waals surface area contributed by atoms with Crippen molar-refractivity contribution < 1.29 is 19.7 Å². The van der Waals surface area contributed by atoms with Crippen LogP contribution in [0.1, 0.15) is 25.0 Å². The number of benzene rings is 1. The van der Waals surface area contributed by atoms with Gasteiger partial charge in [-0.2, -0.15) is 0 Å². The van der Waals surface area contributed by atoms with Crippen molar-refractivity contribution in [2.75, 3.05) is 39.3 Å². The van der Waals surface area contributed by atoms with Crippen molar-refractivity contribution in [1.29, 1.82) is 0 Å². The van der Waals surface area contributed by atoms with Crippen molar-refractivity contribution in [3.8, 4) is 0 Å². The molecule has 2 heterocycles. The van der Waals surface area contributed by atoms with E-state index in [4.69, 9.17) is 9.84 Å². The highest BCUT2D eigenvalue weighted by Crippen LogP contribution is 2.26. The number of carbonyl (C=O) groups is 1. The minimum Gasteiger partial charge on any atom is -0.396 e. The second-order valence-corrected chi connectivity index (χ2v) is 8.13. The second-order valence-electron chi connectivity index (χ2n) is 8.13. The average Bonchev–Trinajstić information content (AvgIpc) is 3.04. The SMILES string of the molecule is CC1CN(CC2CN(C(=O)Cc3ccc(CO)cc3)CC2CO)CC(C)O1. The number of carbonyl (C=O) groups excluding carboxylic acids is 1. The highest BCUT2D eigenvalue weighted by molar-refractivity contribution is 5.79. The maximum atomic E-state index is 12.7. The molecule has 0 saturated carbocycles. The second kappa shape index (κ2) is 9.15. The van der Waals surface area contributed by atoms with Gasteiger partial charge in [-0.15, -0.1) is 0 Å². The maximum absolute atomic E-state index is 12.7. The van der Waals surface area contributed by atoms with Gasteiger partial charge >= 0.3 is 0 Å². The molecule has 27 heavy (non-hydrogen) atoms. The van der Waals surface area contributed by atoms with E-state index in [1.54, 1.807) is 0 Å². The van der Waals surface area contributed by atoms with Gasteiger partial charge in [-0.05, 0) is 30.9 Å². The van der Waals surface area contributed by atoms with Gasteiger partial charge in [0.2, 0.25) is 5.91 Å². The zero-order valence-corrected chi connectivity index (χ0v) is 16.4. The minimum atomic E-state index is 0.0129. The Morgan fingerprint density at radius 2 is 1.59 bits per heavy atom. The van der Waals surface area contributed by atoms with E-state index in [0.717, 1.165) is 30.8 Å². The molecule has 4 unspecified atom stereocenters. The minimum absolute atomic E-state index is 0.0129. The lowest BCUT2D eigenvalue weighted by Gasteiger charge is -2.37. The van der Waals surface area contributed by atoms with Gasteiger partial charge < -0.3 is 19.8 Å². The van der Waals surface area contributed by atoms with Crippen molar-refractivity contribution in [2.24, 2.45) is 11.8 Å². The van der Waals surface area contributed by atoms with Crippen LogP contribution >= 0.6 is 0 Å². The van der Waals surface area contributed by atoms with E-state index in [2.05, 4.69) is 18.7 Å². The standard InChI is InChI=1S/C21H32N2O4/c1-15-8-22(9-16(2)27-15)10-19-11-23(12-20(19)14-25)21(26)7-17-3-5-18(13-24)6-4-17/h3-6,15-16,19-20,24-25H,7-14H2,1-2H3. The lowest BCUT2D eigenvalue weighted by atomic mass is 9.96. The van der Waals surface area contributed by atoms with Crippen LogP contribution in [0, 0.1) is 11.8 Å². The molecule has 0 radical (unpaired) electrons. The molecule has 1 amide bonds. The van der Waals surface area contributed by atoms with E-state index in [-0.39, 0.29) is 37.2 Å². The van der Waals surface area contributed by atoms with Gasteiger partial charge in [-0.3, -0.25) is 9.69 Å². The molecule has 2 fully saturated rings. The first-order valence-electron chi connectivity index (χ1n) is 9.93. The molecule has 2 aliphatic heterocycles. The molecule has 150 valence electrons. The number of amides is 1. The first kappa shape index (κ1) is 20.3. The molecule has 2 N–H and O–H groups in total. The molecule has 0 spiro atoms. The molecule has 6 heteroatoms. The summed E-state index contributed by atoms with van der Waals surface area (Å²) in [5, 5.41) is 18.9. The number of likely N-dealkylation sites (tertiary alicyclic amines) is 1. The fraction of sp³-hybridized carbons (Fsp3) is 0.667. The topological polar surface area (TPSA) is 73.2 Å². The Bertz CT molecular complexity index is 611.